The predicted molar refractivity (Wildman–Crippen MR) is 67.7 cm³/mol. The molecule has 0 spiro atoms. The summed E-state index contributed by atoms with van der Waals surface area (Å²) in [6.45, 7) is 1.98. The van der Waals surface area contributed by atoms with Gasteiger partial charge in [0.15, 0.2) is 10.8 Å². The maximum atomic E-state index is 6.09. The van der Waals surface area contributed by atoms with Crippen LogP contribution in [-0.2, 0) is 6.42 Å². The van der Waals surface area contributed by atoms with Crippen LogP contribution in [0.2, 0.25) is 0 Å². The first-order chi connectivity index (χ1) is 8.24. The molecule has 3 rings (SSSR count). The maximum Gasteiger partial charge on any atom is 0.188 e. The predicted octanol–water partition coefficient (Wildman–Crippen LogP) is 2.24. The van der Waals surface area contributed by atoms with E-state index in [9.17, 15) is 0 Å². The molecule has 1 aliphatic carbocycles. The van der Waals surface area contributed by atoms with Crippen LogP contribution in [0.3, 0.4) is 0 Å². The van der Waals surface area contributed by atoms with Crippen LogP contribution in [0.1, 0.15) is 35.0 Å². The Hall–Kier alpha value is -1.33. The molecule has 17 heavy (non-hydrogen) atoms. The minimum atomic E-state index is 0.149. The Bertz CT molecular complexity index is 532. The summed E-state index contributed by atoms with van der Waals surface area (Å²) in [7, 11) is 0. The Balaban J connectivity index is 2.02. The molecule has 1 atom stereocenters. The fourth-order valence-corrected chi connectivity index (χ4v) is 3.15. The molecular formula is C12H14N4S. The normalized spacial score (nSPS) is 19.1. The summed E-state index contributed by atoms with van der Waals surface area (Å²) in [4.78, 5) is 14.5. The fraction of sp³-hybridized carbons (Fsp3) is 0.417. The second kappa shape index (κ2) is 4.16. The molecule has 4 nitrogen and oxygen atoms in total. The molecular weight excluding hydrogens is 232 g/mol. The van der Waals surface area contributed by atoms with Crippen molar-refractivity contribution in [2.24, 2.45) is 5.73 Å². The van der Waals surface area contributed by atoms with Crippen LogP contribution in [-0.4, -0.2) is 15.0 Å². The minimum Gasteiger partial charge on any atom is -0.323 e. The van der Waals surface area contributed by atoms with Gasteiger partial charge in [0.25, 0.3) is 0 Å². The van der Waals surface area contributed by atoms with Gasteiger partial charge in [-0.2, -0.15) is 0 Å². The van der Waals surface area contributed by atoms with Crippen LogP contribution in [0, 0.1) is 6.92 Å². The highest BCUT2D eigenvalue weighted by molar-refractivity contribution is 7.15. The summed E-state index contributed by atoms with van der Waals surface area (Å²) in [5.74, 6) is 0.710. The van der Waals surface area contributed by atoms with Crippen LogP contribution in [0.4, 0.5) is 0 Å². The zero-order valence-electron chi connectivity index (χ0n) is 9.68. The molecule has 2 aromatic rings. The second-order valence-electron chi connectivity index (χ2n) is 4.41. The molecule has 0 saturated carbocycles. The number of thiazole rings is 1. The Morgan fingerprint density at radius 1 is 1.35 bits per heavy atom. The first-order valence-electron chi connectivity index (χ1n) is 5.78. The second-order valence-corrected chi connectivity index (χ2v) is 5.44. The summed E-state index contributed by atoms with van der Waals surface area (Å²) in [5, 5.41) is 0.896. The first-order valence-corrected chi connectivity index (χ1v) is 6.60. The van der Waals surface area contributed by atoms with Crippen molar-refractivity contribution in [2.45, 2.75) is 32.2 Å². The van der Waals surface area contributed by atoms with E-state index < -0.39 is 0 Å². The molecule has 2 N–H and O–H groups in total. The van der Waals surface area contributed by atoms with Crippen LogP contribution in [0.15, 0.2) is 12.4 Å². The van der Waals surface area contributed by atoms with Gasteiger partial charge in [-0.05, 0) is 31.7 Å². The molecule has 0 radical (unpaired) electrons. The zero-order valence-corrected chi connectivity index (χ0v) is 10.5. The van der Waals surface area contributed by atoms with Crippen molar-refractivity contribution in [3.05, 3.63) is 28.5 Å². The number of nitrogens with zero attached hydrogens (tertiary/aromatic N) is 3. The SMILES string of the molecule is Cc1cnc(-c2nc3c(s2)C(N)CCC3)nc1. The molecule has 0 saturated heterocycles. The lowest BCUT2D eigenvalue weighted by Crippen LogP contribution is -2.15. The first kappa shape index (κ1) is 10.8. The van der Waals surface area contributed by atoms with Crippen molar-refractivity contribution >= 4 is 11.3 Å². The van der Waals surface area contributed by atoms with E-state index in [1.54, 1.807) is 11.3 Å². The van der Waals surface area contributed by atoms with Gasteiger partial charge < -0.3 is 5.73 Å². The molecule has 0 aromatic carbocycles. The lowest BCUT2D eigenvalue weighted by molar-refractivity contribution is 0.573. The van der Waals surface area contributed by atoms with Crippen LogP contribution in [0.25, 0.3) is 10.8 Å². The highest BCUT2D eigenvalue weighted by Gasteiger charge is 2.22. The molecule has 1 unspecified atom stereocenters. The van der Waals surface area contributed by atoms with Gasteiger partial charge in [0.2, 0.25) is 0 Å². The average molecular weight is 246 g/mol. The Morgan fingerprint density at radius 2 is 2.12 bits per heavy atom. The monoisotopic (exact) mass is 246 g/mol. The number of hydrogen-bond donors (Lipinski definition) is 1. The third kappa shape index (κ3) is 1.96. The van der Waals surface area contributed by atoms with E-state index in [1.165, 1.54) is 4.88 Å². The fourth-order valence-electron chi connectivity index (χ4n) is 2.05. The molecule has 2 heterocycles. The van der Waals surface area contributed by atoms with Crippen LogP contribution < -0.4 is 5.73 Å². The molecule has 88 valence electrons. The van der Waals surface area contributed by atoms with Gasteiger partial charge in [-0.15, -0.1) is 11.3 Å². The Morgan fingerprint density at radius 3 is 2.82 bits per heavy atom. The topological polar surface area (TPSA) is 64.7 Å². The summed E-state index contributed by atoms with van der Waals surface area (Å²) < 4.78 is 0. The van der Waals surface area contributed by atoms with Gasteiger partial charge in [-0.1, -0.05) is 0 Å². The zero-order chi connectivity index (χ0) is 11.8. The lowest BCUT2D eigenvalue weighted by atomic mass is 9.99. The van der Waals surface area contributed by atoms with Gasteiger partial charge in [0.05, 0.1) is 5.69 Å². The third-order valence-corrected chi connectivity index (χ3v) is 4.19. The number of aryl methyl sites for hydroxylation is 2. The van der Waals surface area contributed by atoms with Crippen molar-refractivity contribution < 1.29 is 0 Å². The molecule has 5 heteroatoms. The van der Waals surface area contributed by atoms with E-state index in [4.69, 9.17) is 5.73 Å². The molecule has 1 aliphatic rings. The molecule has 0 amide bonds. The van der Waals surface area contributed by atoms with Gasteiger partial charge in [-0.3, -0.25) is 0 Å². The molecule has 2 aromatic heterocycles. The lowest BCUT2D eigenvalue weighted by Gasteiger charge is -2.15. The van der Waals surface area contributed by atoms with Crippen molar-refractivity contribution in [1.29, 1.82) is 0 Å². The van der Waals surface area contributed by atoms with Crippen LogP contribution in [0.5, 0.6) is 0 Å². The number of hydrogen-bond acceptors (Lipinski definition) is 5. The van der Waals surface area contributed by atoms with E-state index in [0.717, 1.165) is 35.5 Å². The number of rotatable bonds is 1. The summed E-state index contributed by atoms with van der Waals surface area (Å²) in [6.07, 6.45) is 6.87. The summed E-state index contributed by atoms with van der Waals surface area (Å²) in [5.41, 5.74) is 8.30. The average Bonchev–Trinajstić information content (AvgIpc) is 2.75. The van der Waals surface area contributed by atoms with E-state index >= 15 is 0 Å². The smallest absolute Gasteiger partial charge is 0.188 e. The van der Waals surface area contributed by atoms with Gasteiger partial charge in [0, 0.05) is 23.3 Å². The molecule has 0 bridgehead atoms. The largest absolute Gasteiger partial charge is 0.323 e. The van der Waals surface area contributed by atoms with Crippen molar-refractivity contribution in [3.8, 4) is 10.8 Å². The van der Waals surface area contributed by atoms with Gasteiger partial charge in [0.1, 0.15) is 0 Å². The molecule has 0 fully saturated rings. The van der Waals surface area contributed by atoms with Crippen molar-refractivity contribution in [2.75, 3.05) is 0 Å². The standard InChI is InChI=1S/C12H14N4S/c1-7-5-14-11(15-6-7)12-16-9-4-2-3-8(13)10(9)17-12/h5-6,8H,2-4,13H2,1H3. The number of fused-ring (bicyclic) bond motifs is 1. The van der Waals surface area contributed by atoms with E-state index in [-0.39, 0.29) is 6.04 Å². The Kier molecular flexibility index (Phi) is 2.64. The van der Waals surface area contributed by atoms with E-state index in [2.05, 4.69) is 15.0 Å². The Labute approximate surface area is 104 Å². The van der Waals surface area contributed by atoms with Gasteiger partial charge >= 0.3 is 0 Å². The van der Waals surface area contributed by atoms with Crippen LogP contribution >= 0.6 is 11.3 Å². The maximum absolute atomic E-state index is 6.09. The number of aromatic nitrogens is 3. The summed E-state index contributed by atoms with van der Waals surface area (Å²) in [6, 6.07) is 0.149. The highest BCUT2D eigenvalue weighted by atomic mass is 32.1. The molecule has 0 aliphatic heterocycles. The number of nitrogens with two attached hydrogens (primary N) is 1. The van der Waals surface area contributed by atoms with E-state index in [1.807, 2.05) is 19.3 Å². The van der Waals surface area contributed by atoms with E-state index in [0.29, 0.717) is 5.82 Å². The van der Waals surface area contributed by atoms with Gasteiger partial charge in [-0.25, -0.2) is 15.0 Å². The van der Waals surface area contributed by atoms with Crippen molar-refractivity contribution in [3.63, 3.8) is 0 Å². The summed E-state index contributed by atoms with van der Waals surface area (Å²) >= 11 is 1.64. The quantitative estimate of drug-likeness (QED) is 0.838. The minimum absolute atomic E-state index is 0.149. The third-order valence-electron chi connectivity index (χ3n) is 2.97. The highest BCUT2D eigenvalue weighted by Crippen LogP contribution is 2.35. The van der Waals surface area contributed by atoms with Crippen molar-refractivity contribution in [1.82, 2.24) is 15.0 Å².